The van der Waals surface area contributed by atoms with Gasteiger partial charge in [-0.15, -0.1) is 0 Å². The third-order valence-corrected chi connectivity index (χ3v) is 6.16. The third-order valence-electron chi connectivity index (χ3n) is 1.85. The van der Waals surface area contributed by atoms with E-state index in [1.807, 2.05) is 32.5 Å². The Bertz CT molecular complexity index is 130. The highest BCUT2D eigenvalue weighted by molar-refractivity contribution is 7.99. The highest BCUT2D eigenvalue weighted by atomic mass is 32.2. The Labute approximate surface area is 99.2 Å². The number of rotatable bonds is 10. The van der Waals surface area contributed by atoms with Gasteiger partial charge in [-0.1, -0.05) is 6.92 Å². The predicted molar refractivity (Wildman–Crippen MR) is 68.4 cm³/mol. The Morgan fingerprint density at radius 2 is 1.33 bits per heavy atom. The van der Waals surface area contributed by atoms with E-state index in [0.717, 1.165) is 17.5 Å². The monoisotopic (exact) mass is 252 g/mol. The first-order chi connectivity index (χ1) is 7.24. The molecule has 5 heteroatoms. The van der Waals surface area contributed by atoms with Gasteiger partial charge in [0.1, 0.15) is 0 Å². The van der Waals surface area contributed by atoms with Crippen molar-refractivity contribution in [3.8, 4) is 0 Å². The van der Waals surface area contributed by atoms with E-state index in [4.69, 9.17) is 13.3 Å². The fraction of sp³-hybridized carbons (Fsp3) is 1.00. The molecule has 0 bridgehead atoms. The summed E-state index contributed by atoms with van der Waals surface area (Å²) in [7, 11) is -2.35. The normalized spacial score (nSPS) is 12.0. The highest BCUT2D eigenvalue weighted by Gasteiger charge is 2.39. The van der Waals surface area contributed by atoms with Gasteiger partial charge in [0.05, 0.1) is 0 Å². The molecule has 3 nitrogen and oxygen atoms in total. The van der Waals surface area contributed by atoms with E-state index < -0.39 is 8.80 Å². The molecule has 92 valence electrons. The molecule has 0 aliphatic carbocycles. The summed E-state index contributed by atoms with van der Waals surface area (Å²) >= 11 is 1.91. The van der Waals surface area contributed by atoms with E-state index in [1.165, 1.54) is 0 Å². The molecular weight excluding hydrogens is 228 g/mol. The highest BCUT2D eigenvalue weighted by Crippen LogP contribution is 2.18. The van der Waals surface area contributed by atoms with E-state index in [0.29, 0.717) is 19.8 Å². The van der Waals surface area contributed by atoms with Crippen LogP contribution in [-0.2, 0) is 13.3 Å². The van der Waals surface area contributed by atoms with Crippen LogP contribution in [0.3, 0.4) is 0 Å². The summed E-state index contributed by atoms with van der Waals surface area (Å²) in [5.74, 6) is 2.19. The summed E-state index contributed by atoms with van der Waals surface area (Å²) < 4.78 is 17.2. The lowest BCUT2D eigenvalue weighted by Gasteiger charge is -2.28. The number of hydrogen-bond acceptors (Lipinski definition) is 4. The zero-order valence-corrected chi connectivity index (χ0v) is 12.2. The van der Waals surface area contributed by atoms with Gasteiger partial charge in [-0.3, -0.25) is 0 Å². The summed E-state index contributed by atoms with van der Waals surface area (Å²) in [4.78, 5) is 0. The molecule has 0 fully saturated rings. The lowest BCUT2D eigenvalue weighted by Crippen LogP contribution is -2.46. The maximum Gasteiger partial charge on any atom is 0.501 e. The lowest BCUT2D eigenvalue weighted by atomic mass is 10.9. The molecule has 0 spiro atoms. The van der Waals surface area contributed by atoms with Crippen LogP contribution < -0.4 is 0 Å². The van der Waals surface area contributed by atoms with E-state index in [1.54, 1.807) is 0 Å². The lowest BCUT2D eigenvalue weighted by molar-refractivity contribution is 0.0728. The SMILES string of the molecule is CCO[Si](CCSCC)(OCC)OCC. The van der Waals surface area contributed by atoms with Gasteiger partial charge >= 0.3 is 8.80 Å². The van der Waals surface area contributed by atoms with Crippen LogP contribution in [0.4, 0.5) is 0 Å². The van der Waals surface area contributed by atoms with Crippen LogP contribution in [0.2, 0.25) is 6.04 Å². The Morgan fingerprint density at radius 1 is 0.867 bits per heavy atom. The van der Waals surface area contributed by atoms with Crippen LogP contribution >= 0.6 is 11.8 Å². The second-order valence-corrected chi connectivity index (χ2v) is 7.05. The van der Waals surface area contributed by atoms with E-state index >= 15 is 0 Å². The second-order valence-electron chi connectivity index (χ2n) is 2.93. The van der Waals surface area contributed by atoms with Crippen LogP contribution in [0.15, 0.2) is 0 Å². The van der Waals surface area contributed by atoms with Crippen molar-refractivity contribution in [1.29, 1.82) is 0 Å². The number of hydrogen-bond donors (Lipinski definition) is 0. The minimum absolute atomic E-state index is 0.670. The van der Waals surface area contributed by atoms with Crippen LogP contribution in [0.1, 0.15) is 27.7 Å². The molecular formula is C10H24O3SSi. The maximum absolute atomic E-state index is 5.74. The van der Waals surface area contributed by atoms with Crippen molar-refractivity contribution >= 4 is 20.6 Å². The number of thioether (sulfide) groups is 1. The third kappa shape index (κ3) is 6.58. The Hall–Kier alpha value is 0.447. The summed E-state index contributed by atoms with van der Waals surface area (Å²) in [6.07, 6.45) is 0. The summed E-state index contributed by atoms with van der Waals surface area (Å²) in [6, 6.07) is 0.918. The van der Waals surface area contributed by atoms with Gasteiger partial charge in [-0.25, -0.2) is 0 Å². The van der Waals surface area contributed by atoms with Crippen molar-refractivity contribution in [1.82, 2.24) is 0 Å². The maximum atomic E-state index is 5.74. The predicted octanol–water partition coefficient (Wildman–Crippen LogP) is 2.79. The molecule has 0 aromatic carbocycles. The first-order valence-corrected chi connectivity index (χ1v) is 8.82. The smallest absolute Gasteiger partial charge is 0.374 e. The van der Waals surface area contributed by atoms with E-state index in [9.17, 15) is 0 Å². The average molecular weight is 252 g/mol. The van der Waals surface area contributed by atoms with Crippen molar-refractivity contribution in [3.63, 3.8) is 0 Å². The minimum Gasteiger partial charge on any atom is -0.374 e. The van der Waals surface area contributed by atoms with Crippen molar-refractivity contribution in [2.45, 2.75) is 33.7 Å². The van der Waals surface area contributed by atoms with Crippen molar-refractivity contribution in [2.24, 2.45) is 0 Å². The molecule has 0 amide bonds. The fourth-order valence-electron chi connectivity index (χ4n) is 1.34. The Kier molecular flexibility index (Phi) is 9.94. The van der Waals surface area contributed by atoms with Gasteiger partial charge in [0.15, 0.2) is 0 Å². The largest absolute Gasteiger partial charge is 0.501 e. The van der Waals surface area contributed by atoms with Crippen molar-refractivity contribution in [3.05, 3.63) is 0 Å². The van der Waals surface area contributed by atoms with Crippen molar-refractivity contribution in [2.75, 3.05) is 31.3 Å². The molecule has 0 atom stereocenters. The first kappa shape index (κ1) is 15.4. The van der Waals surface area contributed by atoms with Crippen LogP contribution in [0.5, 0.6) is 0 Å². The molecule has 0 aliphatic heterocycles. The van der Waals surface area contributed by atoms with Crippen LogP contribution in [-0.4, -0.2) is 40.1 Å². The molecule has 0 heterocycles. The molecule has 0 saturated carbocycles. The summed E-state index contributed by atoms with van der Waals surface area (Å²) in [5.41, 5.74) is 0. The molecule has 0 saturated heterocycles. The zero-order valence-electron chi connectivity index (χ0n) is 10.4. The van der Waals surface area contributed by atoms with Gasteiger partial charge in [0.25, 0.3) is 0 Å². The fourth-order valence-corrected chi connectivity index (χ4v) is 5.21. The standard InChI is InChI=1S/C10H24O3SSi/c1-5-11-15(12-6-2,13-7-3)10-9-14-8-4/h5-10H2,1-4H3. The van der Waals surface area contributed by atoms with Gasteiger partial charge in [-0.05, 0) is 32.3 Å². The summed E-state index contributed by atoms with van der Waals surface area (Å²) in [5, 5.41) is 0. The molecule has 15 heavy (non-hydrogen) atoms. The first-order valence-electron chi connectivity index (χ1n) is 5.74. The van der Waals surface area contributed by atoms with Crippen molar-refractivity contribution < 1.29 is 13.3 Å². The summed E-state index contributed by atoms with van der Waals surface area (Å²) in [6.45, 7) is 10.2. The average Bonchev–Trinajstić information content (AvgIpc) is 2.19. The topological polar surface area (TPSA) is 27.7 Å². The van der Waals surface area contributed by atoms with Crippen LogP contribution in [0.25, 0.3) is 0 Å². The molecule has 0 N–H and O–H groups in total. The molecule has 0 aromatic heterocycles. The molecule has 0 radical (unpaired) electrons. The molecule has 0 rings (SSSR count). The molecule has 0 unspecified atom stereocenters. The molecule has 0 aliphatic rings. The van der Waals surface area contributed by atoms with Gasteiger partial charge in [0.2, 0.25) is 0 Å². The zero-order chi connectivity index (χ0) is 11.6. The van der Waals surface area contributed by atoms with Crippen LogP contribution in [0, 0.1) is 0 Å². The quantitative estimate of drug-likeness (QED) is 0.441. The van der Waals surface area contributed by atoms with Gasteiger partial charge < -0.3 is 13.3 Å². The van der Waals surface area contributed by atoms with E-state index in [2.05, 4.69) is 6.92 Å². The molecule has 0 aromatic rings. The Morgan fingerprint density at radius 3 is 1.67 bits per heavy atom. The van der Waals surface area contributed by atoms with E-state index in [-0.39, 0.29) is 0 Å². The Balaban J connectivity index is 4.18. The van der Waals surface area contributed by atoms with Gasteiger partial charge in [-0.2, -0.15) is 11.8 Å². The second kappa shape index (κ2) is 9.66. The minimum atomic E-state index is -2.35. The van der Waals surface area contributed by atoms with Gasteiger partial charge in [0, 0.05) is 25.9 Å².